The van der Waals surface area contributed by atoms with Crippen molar-refractivity contribution < 1.29 is 8.85 Å². The molecule has 4 nitrogen and oxygen atoms in total. The molecule has 5 heteroatoms. The van der Waals surface area contributed by atoms with Gasteiger partial charge < -0.3 is 8.85 Å². The van der Waals surface area contributed by atoms with Crippen LogP contribution in [-0.4, -0.2) is 55.4 Å². The lowest BCUT2D eigenvalue weighted by Gasteiger charge is -2.60. The fourth-order valence-corrected chi connectivity index (χ4v) is 13.9. The monoisotopic (exact) mass is 534 g/mol. The molecule has 4 aliphatic carbocycles. The van der Waals surface area contributed by atoms with Gasteiger partial charge in [-0.05, 0) is 88.9 Å². The van der Waals surface area contributed by atoms with Crippen molar-refractivity contribution in [2.24, 2.45) is 23.7 Å². The van der Waals surface area contributed by atoms with Crippen molar-refractivity contribution in [3.8, 4) is 0 Å². The van der Waals surface area contributed by atoms with Gasteiger partial charge in [0.05, 0.1) is 0 Å². The summed E-state index contributed by atoms with van der Waals surface area (Å²) in [5.41, 5.74) is 0. The van der Waals surface area contributed by atoms with E-state index >= 15 is 0 Å². The molecule has 4 fully saturated rings. The Bertz CT molecular complexity index is 577. The van der Waals surface area contributed by atoms with Crippen molar-refractivity contribution in [2.45, 2.75) is 168 Å². The molecular weight excluding hydrogens is 472 g/mol. The fraction of sp³-hybridized carbons (Fsp3) is 1.00. The normalized spacial score (nSPS) is 38.3. The van der Waals surface area contributed by atoms with Crippen LogP contribution in [0, 0.1) is 23.7 Å². The second-order valence-corrected chi connectivity index (χ2v) is 16.3. The van der Waals surface area contributed by atoms with Crippen LogP contribution in [0.25, 0.3) is 0 Å². The van der Waals surface area contributed by atoms with Gasteiger partial charge in [-0.15, -0.1) is 0 Å². The summed E-state index contributed by atoms with van der Waals surface area (Å²) < 4.78 is 20.9. The molecule has 4 rings (SSSR count). The molecule has 4 saturated carbocycles. The van der Waals surface area contributed by atoms with Crippen molar-refractivity contribution in [1.82, 2.24) is 9.13 Å². The highest BCUT2D eigenvalue weighted by atomic mass is 28.4. The van der Waals surface area contributed by atoms with Gasteiger partial charge in [0.1, 0.15) is 0 Å². The summed E-state index contributed by atoms with van der Waals surface area (Å²) in [6.07, 6.45) is 21.8. The average Bonchev–Trinajstić information content (AvgIpc) is 2.89. The molecule has 0 aromatic carbocycles. The standard InChI is InChI=1S/C32H62N2O2Si/c1-7-35-37(36-8-2,33(29-21-13-9-17-25(29)3)30-22-14-10-18-26(30)4)34(31-23-15-11-19-27(31)5)32-24-16-12-20-28(32)6/h25-32H,7-24H2,1-6H3. The lowest BCUT2D eigenvalue weighted by molar-refractivity contribution is -0.0491. The molecule has 0 aliphatic heterocycles. The van der Waals surface area contributed by atoms with Crippen LogP contribution in [0.15, 0.2) is 0 Å². The van der Waals surface area contributed by atoms with Gasteiger partial charge in [-0.1, -0.05) is 79.1 Å². The summed E-state index contributed by atoms with van der Waals surface area (Å²) in [6, 6.07) is 2.41. The van der Waals surface area contributed by atoms with Crippen molar-refractivity contribution in [3.05, 3.63) is 0 Å². The topological polar surface area (TPSA) is 24.9 Å². The van der Waals surface area contributed by atoms with E-state index < -0.39 is 8.88 Å². The van der Waals surface area contributed by atoms with Gasteiger partial charge in [-0.3, -0.25) is 9.13 Å². The third kappa shape index (κ3) is 6.53. The van der Waals surface area contributed by atoms with Crippen LogP contribution < -0.4 is 0 Å². The minimum Gasteiger partial charge on any atom is -0.371 e. The van der Waals surface area contributed by atoms with E-state index in [4.69, 9.17) is 8.85 Å². The Kier molecular flexibility index (Phi) is 11.4. The molecule has 4 aliphatic rings. The first kappa shape index (κ1) is 30.0. The number of hydrogen-bond acceptors (Lipinski definition) is 4. The van der Waals surface area contributed by atoms with E-state index in [1.165, 1.54) is 103 Å². The van der Waals surface area contributed by atoms with Crippen molar-refractivity contribution in [1.29, 1.82) is 0 Å². The molecule has 216 valence electrons. The minimum atomic E-state index is -2.90. The van der Waals surface area contributed by atoms with Gasteiger partial charge in [-0.2, -0.15) is 0 Å². The van der Waals surface area contributed by atoms with E-state index in [0.717, 1.165) is 36.9 Å². The number of nitrogens with zero attached hydrogens (tertiary/aromatic N) is 2. The van der Waals surface area contributed by atoms with Crippen LogP contribution in [0.4, 0.5) is 0 Å². The average molecular weight is 535 g/mol. The highest BCUT2D eigenvalue weighted by Gasteiger charge is 2.62. The molecule has 8 unspecified atom stereocenters. The summed E-state index contributed by atoms with van der Waals surface area (Å²) in [7, 11) is -2.90. The predicted octanol–water partition coefficient (Wildman–Crippen LogP) is 8.41. The molecule has 0 radical (unpaired) electrons. The lowest BCUT2D eigenvalue weighted by atomic mass is 9.81. The van der Waals surface area contributed by atoms with E-state index in [2.05, 4.69) is 50.7 Å². The third-order valence-corrected chi connectivity index (χ3v) is 15.0. The molecule has 8 atom stereocenters. The highest BCUT2D eigenvalue weighted by Crippen LogP contribution is 2.45. The van der Waals surface area contributed by atoms with Crippen LogP contribution in [0.1, 0.15) is 144 Å². The van der Waals surface area contributed by atoms with Crippen molar-refractivity contribution >= 4 is 8.88 Å². The van der Waals surface area contributed by atoms with Crippen LogP contribution in [0.2, 0.25) is 0 Å². The quantitative estimate of drug-likeness (QED) is 0.263. The Hall–Kier alpha value is 0.0569. The number of hydrogen-bond donors (Lipinski definition) is 0. The Balaban J connectivity index is 1.89. The van der Waals surface area contributed by atoms with E-state index in [9.17, 15) is 0 Å². The molecular formula is C32H62N2O2Si. The van der Waals surface area contributed by atoms with Crippen LogP contribution in [-0.2, 0) is 8.85 Å². The second kappa shape index (κ2) is 14.1. The van der Waals surface area contributed by atoms with Crippen LogP contribution in [0.3, 0.4) is 0 Å². The zero-order chi connectivity index (χ0) is 26.4. The van der Waals surface area contributed by atoms with Gasteiger partial charge in [0.15, 0.2) is 0 Å². The largest absolute Gasteiger partial charge is 0.523 e. The zero-order valence-electron chi connectivity index (χ0n) is 25.6. The van der Waals surface area contributed by atoms with E-state index in [1.54, 1.807) is 0 Å². The summed E-state index contributed by atoms with van der Waals surface area (Å²) in [6.45, 7) is 16.3. The fourth-order valence-electron chi connectivity index (χ4n) is 9.02. The first-order valence-corrected chi connectivity index (χ1v) is 18.5. The van der Waals surface area contributed by atoms with Crippen molar-refractivity contribution in [3.63, 3.8) is 0 Å². The first-order valence-electron chi connectivity index (χ1n) is 16.8. The molecule has 0 heterocycles. The van der Waals surface area contributed by atoms with E-state index in [-0.39, 0.29) is 0 Å². The molecule has 0 aromatic heterocycles. The van der Waals surface area contributed by atoms with Crippen LogP contribution in [0.5, 0.6) is 0 Å². The van der Waals surface area contributed by atoms with Gasteiger partial charge in [0, 0.05) is 37.4 Å². The van der Waals surface area contributed by atoms with Gasteiger partial charge in [0.2, 0.25) is 0 Å². The minimum absolute atomic E-state index is 0.601. The predicted molar refractivity (Wildman–Crippen MR) is 158 cm³/mol. The molecule has 0 aromatic rings. The smallest absolute Gasteiger partial charge is 0.371 e. The van der Waals surface area contributed by atoms with Gasteiger partial charge >= 0.3 is 8.88 Å². The summed E-state index contributed by atoms with van der Waals surface area (Å²) >= 11 is 0. The van der Waals surface area contributed by atoms with Gasteiger partial charge in [0.25, 0.3) is 0 Å². The molecule has 37 heavy (non-hydrogen) atoms. The summed E-state index contributed by atoms with van der Waals surface area (Å²) in [4.78, 5) is 0. The van der Waals surface area contributed by atoms with Crippen LogP contribution >= 0.6 is 0 Å². The highest BCUT2D eigenvalue weighted by molar-refractivity contribution is 6.62. The number of rotatable bonds is 10. The van der Waals surface area contributed by atoms with Crippen molar-refractivity contribution in [2.75, 3.05) is 13.2 Å². The maximum atomic E-state index is 7.37. The molecule has 0 amide bonds. The maximum absolute atomic E-state index is 7.37. The summed E-state index contributed by atoms with van der Waals surface area (Å²) in [5.74, 6) is 2.91. The Morgan fingerprint density at radius 3 is 0.919 bits per heavy atom. The maximum Gasteiger partial charge on any atom is 0.523 e. The van der Waals surface area contributed by atoms with E-state index in [1.807, 2.05) is 0 Å². The Morgan fingerprint density at radius 1 is 0.459 bits per heavy atom. The SMILES string of the molecule is CCO[Si](OCC)(N(C1CCCCC1C)C1CCCCC1C)N(C1CCCCC1C)C1CCCCC1C. The first-order chi connectivity index (χ1) is 17.9. The lowest BCUT2D eigenvalue weighted by Crippen LogP contribution is -2.80. The molecule has 0 saturated heterocycles. The Labute approximate surface area is 232 Å². The Morgan fingerprint density at radius 2 is 0.703 bits per heavy atom. The van der Waals surface area contributed by atoms with E-state index in [0.29, 0.717) is 24.2 Å². The molecule has 0 N–H and O–H groups in total. The molecule has 0 bridgehead atoms. The second-order valence-electron chi connectivity index (χ2n) is 13.5. The summed E-state index contributed by atoms with van der Waals surface area (Å²) in [5, 5.41) is 0. The zero-order valence-corrected chi connectivity index (χ0v) is 26.6. The third-order valence-electron chi connectivity index (χ3n) is 11.0. The van der Waals surface area contributed by atoms with Gasteiger partial charge in [-0.25, -0.2) is 0 Å². The molecule has 0 spiro atoms.